The zero-order chi connectivity index (χ0) is 17.7. The van der Waals surface area contributed by atoms with Crippen LogP contribution in [0, 0.1) is 11.6 Å². The van der Waals surface area contributed by atoms with E-state index in [0.717, 1.165) is 30.7 Å². The van der Waals surface area contributed by atoms with Gasteiger partial charge in [-0.2, -0.15) is 0 Å². The summed E-state index contributed by atoms with van der Waals surface area (Å²) in [6.07, 6.45) is 3.23. The second kappa shape index (κ2) is 6.11. The van der Waals surface area contributed by atoms with Crippen LogP contribution in [0.1, 0.15) is 30.1 Å². The number of rotatable bonds is 1. The molecule has 2 aromatic rings. The van der Waals surface area contributed by atoms with E-state index >= 15 is 0 Å². The molecule has 2 atom stereocenters. The average Bonchev–Trinajstić information content (AvgIpc) is 2.88. The van der Waals surface area contributed by atoms with E-state index in [4.69, 9.17) is 23.2 Å². The van der Waals surface area contributed by atoms with E-state index in [2.05, 4.69) is 10.3 Å². The first-order valence-electron chi connectivity index (χ1n) is 7.82. The van der Waals surface area contributed by atoms with Crippen molar-refractivity contribution in [3.05, 3.63) is 57.3 Å². The van der Waals surface area contributed by atoms with Crippen LogP contribution in [-0.4, -0.2) is 22.0 Å². The molecule has 4 nitrogen and oxygen atoms in total. The molecule has 0 radical (unpaired) electrons. The van der Waals surface area contributed by atoms with Crippen LogP contribution >= 0.6 is 23.2 Å². The van der Waals surface area contributed by atoms with Crippen molar-refractivity contribution in [2.24, 2.45) is 0 Å². The third kappa shape index (κ3) is 2.83. The highest BCUT2D eigenvalue weighted by atomic mass is 35.5. The van der Waals surface area contributed by atoms with Gasteiger partial charge in [-0.25, -0.2) is 13.6 Å². The minimum absolute atomic E-state index is 0.0309. The van der Waals surface area contributed by atoms with Gasteiger partial charge >= 0.3 is 6.03 Å². The van der Waals surface area contributed by atoms with E-state index in [1.165, 1.54) is 12.1 Å². The van der Waals surface area contributed by atoms with E-state index in [9.17, 15) is 13.6 Å². The predicted octanol–water partition coefficient (Wildman–Crippen LogP) is 4.96. The Kier molecular flexibility index (Phi) is 4.04. The molecular weight excluding hydrogens is 371 g/mol. The maximum Gasteiger partial charge on any atom is 0.322 e. The zero-order valence-corrected chi connectivity index (χ0v) is 14.4. The van der Waals surface area contributed by atoms with Crippen LogP contribution in [0.5, 0.6) is 0 Å². The lowest BCUT2D eigenvalue weighted by molar-refractivity contribution is 0.177. The molecule has 1 saturated heterocycles. The van der Waals surface area contributed by atoms with Crippen LogP contribution in [0.3, 0.4) is 0 Å². The summed E-state index contributed by atoms with van der Waals surface area (Å²) in [6.45, 7) is 0. The van der Waals surface area contributed by atoms with Crippen molar-refractivity contribution < 1.29 is 13.6 Å². The van der Waals surface area contributed by atoms with Crippen molar-refractivity contribution in [1.82, 2.24) is 9.88 Å². The molecule has 4 rings (SSSR count). The van der Waals surface area contributed by atoms with Gasteiger partial charge in [-0.05, 0) is 43.0 Å². The highest BCUT2D eigenvalue weighted by molar-refractivity contribution is 6.42. The Morgan fingerprint density at radius 3 is 2.76 bits per heavy atom. The first-order valence-corrected chi connectivity index (χ1v) is 8.58. The summed E-state index contributed by atoms with van der Waals surface area (Å²) in [5, 5.41) is 2.79. The molecule has 25 heavy (non-hydrogen) atoms. The largest absolute Gasteiger partial charge is 0.322 e. The van der Waals surface area contributed by atoms with Crippen LogP contribution < -0.4 is 5.32 Å². The lowest BCUT2D eigenvalue weighted by Crippen LogP contribution is -2.44. The minimum Gasteiger partial charge on any atom is -0.313 e. The van der Waals surface area contributed by atoms with Gasteiger partial charge in [0.25, 0.3) is 0 Å². The van der Waals surface area contributed by atoms with Crippen molar-refractivity contribution >= 4 is 34.9 Å². The SMILES string of the molecule is O=C(Nc1cc(Cl)c(Cl)cc1F)N1[C@@H]2CC[C@H]1c1ncc(F)cc1C2. The van der Waals surface area contributed by atoms with Gasteiger partial charge in [0.15, 0.2) is 0 Å². The van der Waals surface area contributed by atoms with Crippen molar-refractivity contribution in [3.63, 3.8) is 0 Å². The van der Waals surface area contributed by atoms with Crippen LogP contribution in [0.4, 0.5) is 19.3 Å². The number of carbonyl (C=O) groups excluding carboxylic acids is 1. The Morgan fingerprint density at radius 1 is 1.20 bits per heavy atom. The number of hydrogen-bond donors (Lipinski definition) is 1. The fraction of sp³-hybridized carbons (Fsp3) is 0.294. The predicted molar refractivity (Wildman–Crippen MR) is 90.9 cm³/mol. The van der Waals surface area contributed by atoms with E-state index < -0.39 is 11.8 Å². The maximum atomic E-state index is 14.0. The van der Waals surface area contributed by atoms with Gasteiger partial charge < -0.3 is 10.2 Å². The van der Waals surface area contributed by atoms with Crippen LogP contribution in [0.15, 0.2) is 24.4 Å². The molecule has 2 aliphatic heterocycles. The zero-order valence-electron chi connectivity index (χ0n) is 12.9. The fourth-order valence-corrected chi connectivity index (χ4v) is 3.98. The number of halogens is 4. The number of urea groups is 1. The number of nitrogens with one attached hydrogen (secondary N) is 1. The number of amides is 2. The second-order valence-electron chi connectivity index (χ2n) is 6.23. The van der Waals surface area contributed by atoms with Gasteiger partial charge in [0.05, 0.1) is 33.7 Å². The molecule has 2 bridgehead atoms. The molecule has 1 aromatic heterocycles. The Hall–Kier alpha value is -1.92. The van der Waals surface area contributed by atoms with Crippen molar-refractivity contribution in [3.8, 4) is 0 Å². The molecular formula is C17H13Cl2F2N3O. The number of carbonyl (C=O) groups is 1. The lowest BCUT2D eigenvalue weighted by Gasteiger charge is -2.35. The number of nitrogens with zero attached hydrogens (tertiary/aromatic N) is 2. The molecule has 3 heterocycles. The van der Waals surface area contributed by atoms with Crippen LogP contribution in [-0.2, 0) is 6.42 Å². The number of hydrogen-bond acceptors (Lipinski definition) is 2. The third-order valence-electron chi connectivity index (χ3n) is 4.73. The first-order chi connectivity index (χ1) is 11.9. The summed E-state index contributed by atoms with van der Waals surface area (Å²) < 4.78 is 27.4. The summed E-state index contributed by atoms with van der Waals surface area (Å²) in [5.74, 6) is -1.04. The molecule has 1 fully saturated rings. The van der Waals surface area contributed by atoms with Gasteiger partial charge in [0.1, 0.15) is 11.6 Å². The number of fused-ring (bicyclic) bond motifs is 4. The number of aromatic nitrogens is 1. The van der Waals surface area contributed by atoms with Crippen molar-refractivity contribution in [1.29, 1.82) is 0 Å². The molecule has 0 saturated carbocycles. The summed E-state index contributed by atoms with van der Waals surface area (Å²) in [5.41, 5.74) is 1.51. The van der Waals surface area contributed by atoms with E-state index in [-0.39, 0.29) is 33.6 Å². The van der Waals surface area contributed by atoms with Crippen molar-refractivity contribution in [2.45, 2.75) is 31.3 Å². The Bertz CT molecular complexity index is 877. The maximum absolute atomic E-state index is 14.0. The molecule has 2 amide bonds. The Labute approximate surface area is 152 Å². The minimum atomic E-state index is -0.660. The number of anilines is 1. The molecule has 1 N–H and O–H groups in total. The Morgan fingerprint density at radius 2 is 1.96 bits per heavy atom. The molecule has 8 heteroatoms. The standard InChI is InChI=1S/C17H13Cl2F2N3O/c18-11-5-13(21)14(6-12(11)19)23-17(25)24-10-1-2-15(24)16-8(4-10)3-9(20)7-22-16/h3,5-7,10,15H,1-2,4H2,(H,23,25)/t10-,15+/m1/s1. The summed E-state index contributed by atoms with van der Waals surface area (Å²) in [4.78, 5) is 18.6. The molecule has 1 aromatic carbocycles. The highest BCUT2D eigenvalue weighted by Crippen LogP contribution is 2.43. The molecule has 0 aliphatic carbocycles. The fourth-order valence-electron chi connectivity index (χ4n) is 3.67. The van der Waals surface area contributed by atoms with Gasteiger partial charge in [-0.1, -0.05) is 23.2 Å². The molecule has 0 spiro atoms. The quantitative estimate of drug-likeness (QED) is 0.707. The Balaban J connectivity index is 1.62. The van der Waals surface area contributed by atoms with E-state index in [1.54, 1.807) is 4.90 Å². The van der Waals surface area contributed by atoms with E-state index in [0.29, 0.717) is 12.1 Å². The summed E-state index contributed by atoms with van der Waals surface area (Å²) in [6, 6.07) is 3.09. The number of pyridine rings is 1. The van der Waals surface area contributed by atoms with E-state index in [1.807, 2.05) is 0 Å². The monoisotopic (exact) mass is 383 g/mol. The smallest absolute Gasteiger partial charge is 0.313 e. The average molecular weight is 384 g/mol. The second-order valence-corrected chi connectivity index (χ2v) is 7.05. The summed E-state index contributed by atoms with van der Waals surface area (Å²) >= 11 is 11.7. The van der Waals surface area contributed by atoms with Gasteiger partial charge in [0.2, 0.25) is 0 Å². The van der Waals surface area contributed by atoms with Gasteiger partial charge in [-0.3, -0.25) is 4.98 Å². The summed E-state index contributed by atoms with van der Waals surface area (Å²) in [7, 11) is 0. The molecule has 130 valence electrons. The van der Waals surface area contributed by atoms with Gasteiger partial charge in [-0.15, -0.1) is 0 Å². The molecule has 2 aliphatic rings. The normalized spacial score (nSPS) is 21.2. The molecule has 0 unspecified atom stereocenters. The highest BCUT2D eigenvalue weighted by Gasteiger charge is 2.43. The van der Waals surface area contributed by atoms with Crippen LogP contribution in [0.2, 0.25) is 10.0 Å². The van der Waals surface area contributed by atoms with Gasteiger partial charge in [0, 0.05) is 6.04 Å². The van der Waals surface area contributed by atoms with Crippen molar-refractivity contribution in [2.75, 3.05) is 5.32 Å². The third-order valence-corrected chi connectivity index (χ3v) is 5.45. The number of benzene rings is 1. The first kappa shape index (κ1) is 16.5. The van der Waals surface area contributed by atoms with Crippen LogP contribution in [0.25, 0.3) is 0 Å². The topological polar surface area (TPSA) is 45.2 Å². The lowest BCUT2D eigenvalue weighted by atomic mass is 9.98.